The van der Waals surface area contributed by atoms with Gasteiger partial charge in [-0.1, -0.05) is 0 Å². The summed E-state index contributed by atoms with van der Waals surface area (Å²) in [5.74, 6) is 0. The largest absolute Gasteiger partial charge is 0.378 e. The Labute approximate surface area is 144 Å². The molecule has 0 amide bonds. The third-order valence-corrected chi connectivity index (χ3v) is 5.64. The molecule has 3 N–H and O–H groups in total. The Morgan fingerprint density at radius 1 is 1.33 bits per heavy atom. The Balaban J connectivity index is 1.62. The van der Waals surface area contributed by atoms with Crippen LogP contribution in [-0.4, -0.2) is 33.9 Å². The van der Waals surface area contributed by atoms with Gasteiger partial charge in [0.15, 0.2) is 0 Å². The van der Waals surface area contributed by atoms with Crippen LogP contribution in [0.5, 0.6) is 0 Å². The maximum atomic E-state index is 6.32. The van der Waals surface area contributed by atoms with Gasteiger partial charge in [0.05, 0.1) is 35.3 Å². The minimum absolute atomic E-state index is 0.232. The second-order valence-corrected chi connectivity index (χ2v) is 7.43. The number of aryl methyl sites for hydroxylation is 1. The number of pyridine rings is 1. The summed E-state index contributed by atoms with van der Waals surface area (Å²) in [7, 11) is 0. The maximum Gasteiger partial charge on any atom is 0.109 e. The fourth-order valence-electron chi connectivity index (χ4n) is 2.83. The van der Waals surface area contributed by atoms with Gasteiger partial charge in [0.2, 0.25) is 0 Å². The second-order valence-electron chi connectivity index (χ2n) is 6.33. The molecule has 0 unspecified atom stereocenters. The molecule has 0 aromatic carbocycles. The summed E-state index contributed by atoms with van der Waals surface area (Å²) in [6, 6.07) is 4.00. The van der Waals surface area contributed by atoms with Gasteiger partial charge < -0.3 is 15.8 Å². The normalized spacial score (nSPS) is 16.1. The first-order valence-electron chi connectivity index (χ1n) is 7.88. The first-order valence-corrected chi connectivity index (χ1v) is 8.69. The molecular formula is C17H19N5OS. The predicted molar refractivity (Wildman–Crippen MR) is 95.2 cm³/mol. The van der Waals surface area contributed by atoms with E-state index in [0.717, 1.165) is 28.9 Å². The smallest absolute Gasteiger partial charge is 0.109 e. The van der Waals surface area contributed by atoms with Crippen LogP contribution in [0.2, 0.25) is 0 Å². The lowest BCUT2D eigenvalue weighted by Crippen LogP contribution is -2.58. The quantitative estimate of drug-likeness (QED) is 0.740. The van der Waals surface area contributed by atoms with E-state index in [2.05, 4.69) is 27.4 Å². The Morgan fingerprint density at radius 3 is 2.83 bits per heavy atom. The zero-order chi connectivity index (χ0) is 16.6. The van der Waals surface area contributed by atoms with Crippen LogP contribution in [-0.2, 0) is 17.7 Å². The molecule has 0 saturated carbocycles. The van der Waals surface area contributed by atoms with Crippen LogP contribution in [0.25, 0.3) is 10.2 Å². The highest BCUT2D eigenvalue weighted by molar-refractivity contribution is 7.19. The Bertz CT molecular complexity index is 860. The second kappa shape index (κ2) is 6.08. The Morgan fingerprint density at radius 2 is 2.12 bits per heavy atom. The molecule has 4 rings (SSSR count). The molecule has 7 heteroatoms. The van der Waals surface area contributed by atoms with Crippen LogP contribution >= 0.6 is 11.3 Å². The third-order valence-electron chi connectivity index (χ3n) is 4.33. The van der Waals surface area contributed by atoms with Crippen molar-refractivity contribution in [3.8, 4) is 0 Å². The number of hydrogen-bond donors (Lipinski definition) is 2. The maximum absolute atomic E-state index is 6.32. The van der Waals surface area contributed by atoms with Gasteiger partial charge >= 0.3 is 0 Å². The third kappa shape index (κ3) is 2.86. The van der Waals surface area contributed by atoms with E-state index >= 15 is 0 Å². The average Bonchev–Trinajstić information content (AvgIpc) is 2.89. The summed E-state index contributed by atoms with van der Waals surface area (Å²) in [5, 5.41) is 11.9. The van der Waals surface area contributed by atoms with Crippen molar-refractivity contribution in [1.29, 1.82) is 0 Å². The fourth-order valence-corrected chi connectivity index (χ4v) is 4.22. The topological polar surface area (TPSA) is 86.0 Å². The molecule has 3 aromatic rings. The highest BCUT2D eigenvalue weighted by Crippen LogP contribution is 2.36. The number of ether oxygens (including phenoxy) is 1. The summed E-state index contributed by atoms with van der Waals surface area (Å²) in [6.07, 6.45) is 6.20. The first kappa shape index (κ1) is 15.4. The van der Waals surface area contributed by atoms with E-state index in [0.29, 0.717) is 13.2 Å². The number of rotatable bonds is 5. The lowest BCUT2D eigenvalue weighted by atomic mass is 9.92. The van der Waals surface area contributed by atoms with Gasteiger partial charge in [0, 0.05) is 30.2 Å². The molecule has 1 fully saturated rings. The minimum atomic E-state index is -0.232. The standard InChI is InChI=1S/C17H19N5OS/c1-11-14(6-17(18)9-23-10-17)24-16-13(8-21-22-15(11)16)20-7-12-2-4-19-5-3-12/h2-5,8H,6-7,9-10,18H2,1H3,(H,20,22). The molecule has 124 valence electrons. The monoisotopic (exact) mass is 341 g/mol. The number of aromatic nitrogens is 3. The van der Waals surface area contributed by atoms with E-state index in [9.17, 15) is 0 Å². The minimum Gasteiger partial charge on any atom is -0.378 e. The number of hydrogen-bond acceptors (Lipinski definition) is 7. The van der Waals surface area contributed by atoms with Crippen molar-refractivity contribution < 1.29 is 4.74 Å². The van der Waals surface area contributed by atoms with Crippen molar-refractivity contribution >= 4 is 27.2 Å². The lowest BCUT2D eigenvalue weighted by molar-refractivity contribution is -0.0525. The summed E-state index contributed by atoms with van der Waals surface area (Å²) in [6.45, 7) is 4.07. The molecule has 4 heterocycles. The van der Waals surface area contributed by atoms with E-state index in [4.69, 9.17) is 10.5 Å². The summed E-state index contributed by atoms with van der Waals surface area (Å²) in [5.41, 5.74) is 10.4. The average molecular weight is 341 g/mol. The molecule has 0 spiro atoms. The van der Waals surface area contributed by atoms with Crippen LogP contribution in [0.3, 0.4) is 0 Å². The molecule has 0 aliphatic carbocycles. The molecule has 3 aromatic heterocycles. The number of thiophene rings is 1. The molecule has 1 aliphatic rings. The van der Waals surface area contributed by atoms with E-state index in [1.54, 1.807) is 29.9 Å². The molecular weight excluding hydrogens is 322 g/mol. The van der Waals surface area contributed by atoms with Gasteiger partial charge in [0.25, 0.3) is 0 Å². The number of nitrogens with two attached hydrogens (primary N) is 1. The van der Waals surface area contributed by atoms with Gasteiger partial charge in [-0.3, -0.25) is 4.98 Å². The van der Waals surface area contributed by atoms with Crippen LogP contribution < -0.4 is 11.1 Å². The molecule has 0 atom stereocenters. The number of fused-ring (bicyclic) bond motifs is 1. The molecule has 0 radical (unpaired) electrons. The van der Waals surface area contributed by atoms with Crippen molar-refractivity contribution in [1.82, 2.24) is 15.2 Å². The van der Waals surface area contributed by atoms with Gasteiger partial charge in [-0.15, -0.1) is 16.4 Å². The van der Waals surface area contributed by atoms with Crippen LogP contribution in [0.4, 0.5) is 5.69 Å². The summed E-state index contributed by atoms with van der Waals surface area (Å²) >= 11 is 1.75. The van der Waals surface area contributed by atoms with Gasteiger partial charge in [-0.05, 0) is 30.2 Å². The number of nitrogens with one attached hydrogen (secondary N) is 1. The van der Waals surface area contributed by atoms with Crippen molar-refractivity contribution in [3.63, 3.8) is 0 Å². The van der Waals surface area contributed by atoms with Gasteiger partial charge in [0.1, 0.15) is 5.52 Å². The van der Waals surface area contributed by atoms with E-state index in [-0.39, 0.29) is 5.54 Å². The van der Waals surface area contributed by atoms with Crippen LogP contribution in [0.15, 0.2) is 30.7 Å². The highest BCUT2D eigenvalue weighted by atomic mass is 32.1. The zero-order valence-corrected chi connectivity index (χ0v) is 14.3. The number of anilines is 1. The summed E-state index contributed by atoms with van der Waals surface area (Å²) in [4.78, 5) is 5.31. The van der Waals surface area contributed by atoms with E-state index in [1.807, 2.05) is 12.1 Å². The summed E-state index contributed by atoms with van der Waals surface area (Å²) < 4.78 is 6.40. The molecule has 1 aliphatic heterocycles. The van der Waals surface area contributed by atoms with E-state index < -0.39 is 0 Å². The molecule has 1 saturated heterocycles. The van der Waals surface area contributed by atoms with E-state index in [1.165, 1.54) is 16.0 Å². The van der Waals surface area contributed by atoms with Crippen molar-refractivity contribution in [2.24, 2.45) is 5.73 Å². The fraction of sp³-hybridized carbons (Fsp3) is 0.353. The molecule has 24 heavy (non-hydrogen) atoms. The first-order chi connectivity index (χ1) is 11.6. The van der Waals surface area contributed by atoms with Crippen molar-refractivity contribution in [2.45, 2.75) is 25.4 Å². The highest BCUT2D eigenvalue weighted by Gasteiger charge is 2.35. The molecule has 6 nitrogen and oxygen atoms in total. The Hall–Kier alpha value is -2.09. The lowest BCUT2D eigenvalue weighted by Gasteiger charge is -2.37. The predicted octanol–water partition coefficient (Wildman–Crippen LogP) is 2.28. The van der Waals surface area contributed by atoms with Crippen LogP contribution in [0.1, 0.15) is 16.0 Å². The van der Waals surface area contributed by atoms with Gasteiger partial charge in [-0.25, -0.2) is 0 Å². The SMILES string of the molecule is Cc1c(CC2(N)COC2)sc2c(NCc3ccncc3)cnnc12. The van der Waals surface area contributed by atoms with Gasteiger partial charge in [-0.2, -0.15) is 5.10 Å². The van der Waals surface area contributed by atoms with Crippen molar-refractivity contribution in [3.05, 3.63) is 46.7 Å². The molecule has 0 bridgehead atoms. The number of nitrogens with zero attached hydrogens (tertiary/aromatic N) is 3. The van der Waals surface area contributed by atoms with Crippen LogP contribution in [0, 0.1) is 6.92 Å². The zero-order valence-electron chi connectivity index (χ0n) is 13.5. The van der Waals surface area contributed by atoms with Crippen molar-refractivity contribution in [2.75, 3.05) is 18.5 Å². The Kier molecular flexibility index (Phi) is 3.91.